The van der Waals surface area contributed by atoms with Crippen LogP contribution in [0.4, 0.5) is 4.79 Å². The van der Waals surface area contributed by atoms with Crippen LogP contribution in [0.15, 0.2) is 51.5 Å². The average molecular weight is 496 g/mol. The Hall–Kier alpha value is -3.04. The number of carbonyl (C=O) groups excluding carboxylic acids is 3. The maximum atomic E-state index is 12.7. The minimum absolute atomic E-state index is 0.0198. The van der Waals surface area contributed by atoms with Gasteiger partial charge in [-0.1, -0.05) is 24.3 Å². The molecule has 3 amide bonds. The normalized spacial score (nSPS) is 14.8. The second-order valence-corrected chi connectivity index (χ2v) is 7.31. The van der Waals surface area contributed by atoms with Crippen LogP contribution in [0.25, 0.3) is 6.08 Å². The highest BCUT2D eigenvalue weighted by molar-refractivity contribution is 9.10. The Kier molecular flexibility index (Phi) is 6.63. The Morgan fingerprint density at radius 3 is 2.80 bits per heavy atom. The average Bonchev–Trinajstić information content (AvgIpc) is 3.27. The number of rotatable bonds is 7. The Balaban J connectivity index is 1.78. The molecule has 0 atom stereocenters. The van der Waals surface area contributed by atoms with Gasteiger partial charge in [-0.2, -0.15) is 0 Å². The third-order valence-corrected chi connectivity index (χ3v) is 4.87. The van der Waals surface area contributed by atoms with Crippen molar-refractivity contribution in [2.24, 2.45) is 0 Å². The quantitative estimate of drug-likeness (QED) is 0.268. The molecule has 0 unspecified atom stereocenters. The second-order valence-electron chi connectivity index (χ2n) is 6.05. The van der Waals surface area contributed by atoms with Gasteiger partial charge in [0.2, 0.25) is 5.76 Å². The Morgan fingerprint density at radius 2 is 2.13 bits per heavy atom. The van der Waals surface area contributed by atoms with Crippen molar-refractivity contribution in [1.29, 1.82) is 0 Å². The summed E-state index contributed by atoms with van der Waals surface area (Å²) in [6.45, 7) is 3.73. The zero-order chi connectivity index (χ0) is 21.8. The van der Waals surface area contributed by atoms with Crippen LogP contribution < -0.4 is 10.1 Å². The molecule has 8 nitrogen and oxygen atoms in total. The van der Waals surface area contributed by atoms with Gasteiger partial charge in [0, 0.05) is 0 Å². The van der Waals surface area contributed by atoms with E-state index in [1.165, 1.54) is 25.3 Å². The van der Waals surface area contributed by atoms with Gasteiger partial charge in [0.25, 0.3) is 5.91 Å². The van der Waals surface area contributed by atoms with Crippen LogP contribution in [0, 0.1) is 0 Å². The van der Waals surface area contributed by atoms with Crippen LogP contribution in [0.3, 0.4) is 0 Å². The fourth-order valence-corrected chi connectivity index (χ4v) is 3.64. The first-order valence-corrected chi connectivity index (χ1v) is 9.75. The molecule has 1 aromatic carbocycles. The zero-order valence-electron chi connectivity index (χ0n) is 15.7. The summed E-state index contributed by atoms with van der Waals surface area (Å²) in [5.74, 6) is -0.512. The van der Waals surface area contributed by atoms with Crippen LogP contribution in [0.2, 0.25) is 5.02 Å². The van der Waals surface area contributed by atoms with Crippen LogP contribution >= 0.6 is 27.5 Å². The molecule has 0 saturated carbocycles. The lowest BCUT2D eigenvalue weighted by atomic mass is 10.2. The number of carbonyl (C=O) groups is 3. The molecule has 2 aromatic rings. The number of hydrogen-bond acceptors (Lipinski definition) is 6. The fourth-order valence-electron chi connectivity index (χ4n) is 2.65. The topological polar surface area (TPSA) is 98.1 Å². The van der Waals surface area contributed by atoms with Gasteiger partial charge in [0.1, 0.15) is 18.1 Å². The van der Waals surface area contributed by atoms with Crippen molar-refractivity contribution in [3.63, 3.8) is 0 Å². The number of hydrogen-bond donors (Lipinski definition) is 1. The lowest BCUT2D eigenvalue weighted by Crippen LogP contribution is -2.30. The smallest absolute Gasteiger partial charge is 0.373 e. The summed E-state index contributed by atoms with van der Waals surface area (Å²) in [5, 5.41) is 2.84. The molecular weight excluding hydrogens is 480 g/mol. The van der Waals surface area contributed by atoms with Crippen molar-refractivity contribution in [2.45, 2.75) is 6.54 Å². The predicted octanol–water partition coefficient (Wildman–Crippen LogP) is 4.14. The van der Waals surface area contributed by atoms with Crippen molar-refractivity contribution >= 4 is 51.5 Å². The summed E-state index contributed by atoms with van der Waals surface area (Å²) in [5.41, 5.74) is 0.650. The van der Waals surface area contributed by atoms with Gasteiger partial charge >= 0.3 is 12.0 Å². The van der Waals surface area contributed by atoms with E-state index in [9.17, 15) is 14.4 Å². The minimum atomic E-state index is -0.651. The van der Waals surface area contributed by atoms with Crippen molar-refractivity contribution in [3.8, 4) is 5.75 Å². The molecule has 1 N–H and O–H groups in total. The number of ether oxygens (including phenoxy) is 2. The molecule has 10 heteroatoms. The molecule has 1 aromatic heterocycles. The number of amides is 3. The van der Waals surface area contributed by atoms with E-state index in [0.29, 0.717) is 20.8 Å². The summed E-state index contributed by atoms with van der Waals surface area (Å²) in [6.07, 6.45) is 3.09. The maximum absolute atomic E-state index is 12.7. The molecule has 0 spiro atoms. The van der Waals surface area contributed by atoms with Gasteiger partial charge < -0.3 is 19.2 Å². The van der Waals surface area contributed by atoms with Gasteiger partial charge in [-0.25, -0.2) is 9.59 Å². The van der Waals surface area contributed by atoms with Crippen molar-refractivity contribution < 1.29 is 28.3 Å². The molecule has 1 saturated heterocycles. The van der Waals surface area contributed by atoms with Gasteiger partial charge in [0.15, 0.2) is 5.75 Å². The SMILES string of the molecule is C=CCOc1c(Cl)cc(/C=C2\NC(=O)N(Cc3ccc(C(=O)OC)o3)C2=O)cc1Br. The maximum Gasteiger partial charge on any atom is 0.373 e. The standard InChI is InChI=1S/C20H16BrClN2O6/c1-3-6-29-17-13(21)7-11(8-14(17)22)9-15-18(25)24(20(27)23-15)10-12-4-5-16(30-12)19(26)28-2/h3-5,7-9H,1,6,10H2,2H3,(H,23,27)/b15-9-. The number of esters is 1. The van der Waals surface area contributed by atoms with Gasteiger partial charge in [-0.3, -0.25) is 9.69 Å². The molecular formula is C20H16BrClN2O6. The van der Waals surface area contributed by atoms with Crippen molar-refractivity contribution in [1.82, 2.24) is 10.2 Å². The fraction of sp³-hybridized carbons (Fsp3) is 0.150. The molecule has 1 aliphatic heterocycles. The number of nitrogens with zero attached hydrogens (tertiary/aromatic N) is 1. The second kappa shape index (κ2) is 9.19. The highest BCUT2D eigenvalue weighted by Gasteiger charge is 2.34. The summed E-state index contributed by atoms with van der Waals surface area (Å²) >= 11 is 9.62. The van der Waals surface area contributed by atoms with Crippen LogP contribution in [0.5, 0.6) is 5.75 Å². The number of methoxy groups -OCH3 is 1. The third kappa shape index (κ3) is 4.58. The number of imide groups is 1. The van der Waals surface area contributed by atoms with E-state index in [1.807, 2.05) is 0 Å². The summed E-state index contributed by atoms with van der Waals surface area (Å²) in [7, 11) is 1.22. The monoisotopic (exact) mass is 494 g/mol. The van der Waals surface area contributed by atoms with Gasteiger partial charge in [0.05, 0.1) is 23.1 Å². The lowest BCUT2D eigenvalue weighted by Gasteiger charge is -2.10. The van der Waals surface area contributed by atoms with E-state index < -0.39 is 17.9 Å². The highest BCUT2D eigenvalue weighted by Crippen LogP contribution is 2.35. The summed E-state index contributed by atoms with van der Waals surface area (Å²) < 4.78 is 15.9. The van der Waals surface area contributed by atoms with E-state index >= 15 is 0 Å². The summed E-state index contributed by atoms with van der Waals surface area (Å²) in [6, 6.07) is 5.60. The molecule has 1 fully saturated rings. The van der Waals surface area contributed by atoms with E-state index in [-0.39, 0.29) is 30.4 Å². The first-order chi connectivity index (χ1) is 14.3. The number of benzene rings is 1. The van der Waals surface area contributed by atoms with Crippen LogP contribution in [0.1, 0.15) is 21.9 Å². The molecule has 3 rings (SSSR count). The molecule has 0 aliphatic carbocycles. The van der Waals surface area contributed by atoms with Gasteiger partial charge in [-0.15, -0.1) is 0 Å². The van der Waals surface area contributed by atoms with Crippen LogP contribution in [-0.4, -0.2) is 36.5 Å². The highest BCUT2D eigenvalue weighted by atomic mass is 79.9. The van der Waals surface area contributed by atoms with Crippen molar-refractivity contribution in [3.05, 3.63) is 69.2 Å². The molecule has 30 heavy (non-hydrogen) atoms. The predicted molar refractivity (Wildman–Crippen MR) is 112 cm³/mol. The Morgan fingerprint density at radius 1 is 1.37 bits per heavy atom. The third-order valence-electron chi connectivity index (χ3n) is 4.00. The number of nitrogens with one attached hydrogen (secondary N) is 1. The summed E-state index contributed by atoms with van der Waals surface area (Å²) in [4.78, 5) is 37.3. The molecule has 2 heterocycles. The first-order valence-electron chi connectivity index (χ1n) is 8.58. The molecule has 1 aliphatic rings. The number of furan rings is 1. The van der Waals surface area contributed by atoms with Crippen LogP contribution in [-0.2, 0) is 16.1 Å². The minimum Gasteiger partial charge on any atom is -0.487 e. The Labute approximate surface area is 185 Å². The van der Waals surface area contributed by atoms with E-state index in [0.717, 1.165) is 4.90 Å². The first kappa shape index (κ1) is 21.7. The Bertz CT molecular complexity index is 1040. The van der Waals surface area contributed by atoms with E-state index in [1.54, 1.807) is 18.2 Å². The van der Waals surface area contributed by atoms with E-state index in [4.69, 9.17) is 20.8 Å². The number of halogens is 2. The molecule has 0 bridgehead atoms. The number of urea groups is 1. The van der Waals surface area contributed by atoms with E-state index in [2.05, 4.69) is 32.6 Å². The lowest BCUT2D eigenvalue weighted by molar-refractivity contribution is -0.123. The zero-order valence-corrected chi connectivity index (χ0v) is 18.1. The largest absolute Gasteiger partial charge is 0.487 e. The molecule has 0 radical (unpaired) electrons. The molecule has 156 valence electrons. The van der Waals surface area contributed by atoms with Gasteiger partial charge in [-0.05, 0) is 51.8 Å². The van der Waals surface area contributed by atoms with Crippen molar-refractivity contribution in [2.75, 3.05) is 13.7 Å².